The van der Waals surface area contributed by atoms with Gasteiger partial charge in [-0.2, -0.15) is 0 Å². The highest BCUT2D eigenvalue weighted by Gasteiger charge is 2.34. The SMILES string of the molecule is Cc1cc2c(c(C)n1)N1C=CN(C)C1C2. The fraction of sp³-hybridized carbons (Fsp3) is 0.417. The number of aryl methyl sites for hydroxylation is 2. The first-order valence-corrected chi connectivity index (χ1v) is 5.32. The van der Waals surface area contributed by atoms with E-state index < -0.39 is 0 Å². The number of hydrogen-bond acceptors (Lipinski definition) is 3. The molecular weight excluding hydrogens is 186 g/mol. The topological polar surface area (TPSA) is 19.4 Å². The van der Waals surface area contributed by atoms with Gasteiger partial charge < -0.3 is 9.80 Å². The number of pyridine rings is 1. The van der Waals surface area contributed by atoms with Crippen LogP contribution in [0.3, 0.4) is 0 Å². The van der Waals surface area contributed by atoms with Crippen molar-refractivity contribution in [2.75, 3.05) is 11.9 Å². The molecule has 1 aromatic rings. The molecule has 15 heavy (non-hydrogen) atoms. The van der Waals surface area contributed by atoms with Gasteiger partial charge in [0.2, 0.25) is 0 Å². The minimum absolute atomic E-state index is 0.474. The largest absolute Gasteiger partial charge is 0.358 e. The van der Waals surface area contributed by atoms with Crippen LogP contribution < -0.4 is 4.90 Å². The Labute approximate surface area is 90.0 Å². The number of anilines is 1. The Balaban J connectivity index is 2.15. The Hall–Kier alpha value is -1.51. The normalized spacial score (nSPS) is 22.2. The van der Waals surface area contributed by atoms with Crippen LogP contribution >= 0.6 is 0 Å². The van der Waals surface area contributed by atoms with Gasteiger partial charge >= 0.3 is 0 Å². The number of nitrogens with zero attached hydrogens (tertiary/aromatic N) is 3. The summed E-state index contributed by atoms with van der Waals surface area (Å²) in [5.74, 6) is 0. The van der Waals surface area contributed by atoms with Crippen LogP contribution in [0.4, 0.5) is 5.69 Å². The van der Waals surface area contributed by atoms with Crippen molar-refractivity contribution in [3.05, 3.63) is 35.4 Å². The van der Waals surface area contributed by atoms with E-state index in [0.717, 1.165) is 17.8 Å². The lowest BCUT2D eigenvalue weighted by Gasteiger charge is -2.23. The smallest absolute Gasteiger partial charge is 0.109 e. The molecule has 1 aromatic heterocycles. The van der Waals surface area contributed by atoms with Crippen LogP contribution in [0.5, 0.6) is 0 Å². The highest BCUT2D eigenvalue weighted by Crippen LogP contribution is 2.38. The molecule has 0 saturated carbocycles. The van der Waals surface area contributed by atoms with Gasteiger partial charge in [-0.05, 0) is 25.5 Å². The summed E-state index contributed by atoms with van der Waals surface area (Å²) in [6.07, 6.45) is 5.86. The molecule has 2 aliphatic heterocycles. The number of likely N-dealkylation sites (N-methyl/N-ethyl adjacent to an activating group) is 1. The Kier molecular flexibility index (Phi) is 1.61. The Morgan fingerprint density at radius 3 is 2.93 bits per heavy atom. The molecule has 78 valence electrons. The van der Waals surface area contributed by atoms with Crippen LogP contribution in [0.15, 0.2) is 18.5 Å². The van der Waals surface area contributed by atoms with Crippen LogP contribution in [0.2, 0.25) is 0 Å². The zero-order valence-electron chi connectivity index (χ0n) is 9.36. The second kappa shape index (κ2) is 2.75. The lowest BCUT2D eigenvalue weighted by atomic mass is 10.1. The van der Waals surface area contributed by atoms with Crippen molar-refractivity contribution in [2.45, 2.75) is 26.4 Å². The highest BCUT2D eigenvalue weighted by atomic mass is 15.4. The molecule has 0 spiro atoms. The van der Waals surface area contributed by atoms with Gasteiger partial charge in [0.25, 0.3) is 0 Å². The summed E-state index contributed by atoms with van der Waals surface area (Å²) in [6, 6.07) is 2.21. The van der Waals surface area contributed by atoms with Crippen molar-refractivity contribution in [3.63, 3.8) is 0 Å². The number of fused-ring (bicyclic) bond motifs is 3. The molecule has 0 radical (unpaired) electrons. The van der Waals surface area contributed by atoms with Crippen molar-refractivity contribution >= 4 is 5.69 Å². The lowest BCUT2D eigenvalue weighted by molar-refractivity contribution is 0.369. The van der Waals surface area contributed by atoms with Gasteiger partial charge in [0.1, 0.15) is 6.17 Å². The monoisotopic (exact) mass is 201 g/mol. The van der Waals surface area contributed by atoms with Gasteiger partial charge in [0.15, 0.2) is 0 Å². The molecule has 1 atom stereocenters. The van der Waals surface area contributed by atoms with Crippen LogP contribution in [0.1, 0.15) is 17.0 Å². The number of rotatable bonds is 0. The van der Waals surface area contributed by atoms with E-state index in [9.17, 15) is 0 Å². The number of aromatic nitrogens is 1. The maximum atomic E-state index is 4.54. The van der Waals surface area contributed by atoms with Crippen LogP contribution in [0, 0.1) is 13.8 Å². The molecule has 2 aliphatic rings. The van der Waals surface area contributed by atoms with Crippen molar-refractivity contribution in [3.8, 4) is 0 Å². The van der Waals surface area contributed by atoms with E-state index in [1.165, 1.54) is 11.3 Å². The van der Waals surface area contributed by atoms with Gasteiger partial charge in [-0.15, -0.1) is 0 Å². The Morgan fingerprint density at radius 2 is 2.13 bits per heavy atom. The molecule has 3 rings (SSSR count). The van der Waals surface area contributed by atoms with Crippen molar-refractivity contribution < 1.29 is 0 Å². The summed E-state index contributed by atoms with van der Waals surface area (Å²) in [4.78, 5) is 9.13. The molecule has 3 heterocycles. The van der Waals surface area contributed by atoms with E-state index in [-0.39, 0.29) is 0 Å². The summed E-state index contributed by atoms with van der Waals surface area (Å²) in [5.41, 5.74) is 5.01. The van der Waals surface area contributed by atoms with E-state index in [1.54, 1.807) is 0 Å². The average Bonchev–Trinajstić information content (AvgIpc) is 2.66. The minimum Gasteiger partial charge on any atom is -0.358 e. The van der Waals surface area contributed by atoms with Crippen LogP contribution in [-0.2, 0) is 6.42 Å². The quantitative estimate of drug-likeness (QED) is 0.638. The van der Waals surface area contributed by atoms with Crippen LogP contribution in [0.25, 0.3) is 0 Å². The first kappa shape index (κ1) is 8.77. The predicted octanol–water partition coefficient (Wildman–Crippen LogP) is 1.80. The van der Waals surface area contributed by atoms with E-state index in [1.807, 2.05) is 0 Å². The Bertz CT molecular complexity index is 450. The van der Waals surface area contributed by atoms with Crippen LogP contribution in [-0.4, -0.2) is 23.1 Å². The summed E-state index contributed by atoms with van der Waals surface area (Å²) < 4.78 is 0. The molecule has 0 aromatic carbocycles. The van der Waals surface area contributed by atoms with Gasteiger partial charge in [-0.25, -0.2) is 0 Å². The third-order valence-electron chi connectivity index (χ3n) is 3.29. The highest BCUT2D eigenvalue weighted by molar-refractivity contribution is 5.65. The lowest BCUT2D eigenvalue weighted by Crippen LogP contribution is -2.33. The molecule has 0 aliphatic carbocycles. The predicted molar refractivity (Wildman–Crippen MR) is 60.6 cm³/mol. The van der Waals surface area contributed by atoms with E-state index in [0.29, 0.717) is 6.17 Å². The molecule has 3 heteroatoms. The maximum Gasteiger partial charge on any atom is 0.109 e. The molecule has 0 fully saturated rings. The third-order valence-corrected chi connectivity index (χ3v) is 3.29. The summed E-state index contributed by atoms with van der Waals surface area (Å²) in [7, 11) is 2.13. The summed E-state index contributed by atoms with van der Waals surface area (Å²) in [6.45, 7) is 4.16. The zero-order chi connectivity index (χ0) is 10.6. The molecule has 0 bridgehead atoms. The standard InChI is InChI=1S/C12H15N3/c1-8-6-10-7-11-14(3)4-5-15(11)12(10)9(2)13-8/h4-6,11H,7H2,1-3H3. The van der Waals surface area contributed by atoms with Crippen molar-refractivity contribution in [1.82, 2.24) is 9.88 Å². The fourth-order valence-electron chi connectivity index (χ4n) is 2.65. The van der Waals surface area contributed by atoms with E-state index >= 15 is 0 Å². The van der Waals surface area contributed by atoms with Gasteiger partial charge in [-0.1, -0.05) is 0 Å². The van der Waals surface area contributed by atoms with Gasteiger partial charge in [-0.3, -0.25) is 4.98 Å². The third kappa shape index (κ3) is 1.09. The molecule has 0 amide bonds. The van der Waals surface area contributed by atoms with Gasteiger partial charge in [0.05, 0.1) is 11.4 Å². The molecule has 0 saturated heterocycles. The molecular formula is C12H15N3. The number of hydrogen-bond donors (Lipinski definition) is 0. The Morgan fingerprint density at radius 1 is 1.33 bits per heavy atom. The maximum absolute atomic E-state index is 4.54. The molecule has 1 unspecified atom stereocenters. The minimum atomic E-state index is 0.474. The fourth-order valence-corrected chi connectivity index (χ4v) is 2.65. The van der Waals surface area contributed by atoms with Gasteiger partial charge in [0, 0.05) is 31.6 Å². The van der Waals surface area contributed by atoms with Crippen molar-refractivity contribution in [2.24, 2.45) is 0 Å². The van der Waals surface area contributed by atoms with E-state index in [4.69, 9.17) is 0 Å². The molecule has 0 N–H and O–H groups in total. The first-order chi connectivity index (χ1) is 7.16. The van der Waals surface area contributed by atoms with Crippen molar-refractivity contribution in [1.29, 1.82) is 0 Å². The second-order valence-corrected chi connectivity index (χ2v) is 4.41. The summed E-state index contributed by atoms with van der Waals surface area (Å²) in [5, 5.41) is 0. The summed E-state index contributed by atoms with van der Waals surface area (Å²) >= 11 is 0. The molecule has 3 nitrogen and oxygen atoms in total. The second-order valence-electron chi connectivity index (χ2n) is 4.41. The zero-order valence-corrected chi connectivity index (χ0v) is 9.36. The first-order valence-electron chi connectivity index (χ1n) is 5.32. The van der Waals surface area contributed by atoms with E-state index in [2.05, 4.69) is 54.1 Å². The average molecular weight is 201 g/mol.